The Hall–Kier alpha value is -5.02. The molecule has 3 rings (SSSR count). The minimum absolute atomic E-state index is 0.0641. The Morgan fingerprint density at radius 2 is 1.74 bits per heavy atom. The first-order valence-electron chi connectivity index (χ1n) is 16.8. The fraction of sp³-hybridized carbons (Fsp3) is 0.486. The fourth-order valence-electron chi connectivity index (χ4n) is 5.47. The molecule has 50 heavy (non-hydrogen) atoms. The van der Waals surface area contributed by atoms with E-state index in [4.69, 9.17) is 14.9 Å². The van der Waals surface area contributed by atoms with Crippen LogP contribution >= 0.6 is 0 Å². The van der Waals surface area contributed by atoms with Crippen molar-refractivity contribution in [3.8, 4) is 0 Å². The Bertz CT molecular complexity index is 1450. The Balaban J connectivity index is 1.63. The van der Waals surface area contributed by atoms with Crippen molar-refractivity contribution < 1.29 is 37.9 Å². The minimum atomic E-state index is -0.946. The molecule has 3 atom stereocenters. The van der Waals surface area contributed by atoms with Crippen LogP contribution in [0, 0.1) is 5.92 Å². The highest BCUT2D eigenvalue weighted by atomic mass is 16.5. The quantitative estimate of drug-likeness (QED) is 0.0791. The van der Waals surface area contributed by atoms with Crippen LogP contribution in [-0.4, -0.2) is 98.4 Å². The van der Waals surface area contributed by atoms with Crippen LogP contribution in [0.3, 0.4) is 0 Å². The number of rotatable bonds is 20. The summed E-state index contributed by atoms with van der Waals surface area (Å²) >= 11 is 0. The molecule has 1 aromatic carbocycles. The van der Waals surface area contributed by atoms with Crippen LogP contribution in [0.15, 0.2) is 59.7 Å². The van der Waals surface area contributed by atoms with Crippen molar-refractivity contribution in [2.45, 2.75) is 57.7 Å². The second-order valence-corrected chi connectivity index (χ2v) is 11.9. The van der Waals surface area contributed by atoms with Gasteiger partial charge in [-0.2, -0.15) is 0 Å². The molecule has 0 saturated carbocycles. The molecular weight excluding hydrogens is 646 g/mol. The number of carbonyl (C=O) groups excluding carboxylic acids is 6. The summed E-state index contributed by atoms with van der Waals surface area (Å²) in [7, 11) is 0. The van der Waals surface area contributed by atoms with E-state index in [0.29, 0.717) is 56.0 Å². The number of furan rings is 1. The zero-order valence-electron chi connectivity index (χ0n) is 28.5. The summed E-state index contributed by atoms with van der Waals surface area (Å²) in [5.41, 5.74) is 6.70. The van der Waals surface area contributed by atoms with Gasteiger partial charge in [0.1, 0.15) is 17.8 Å². The van der Waals surface area contributed by atoms with E-state index in [1.54, 1.807) is 41.3 Å². The first-order valence-corrected chi connectivity index (χ1v) is 16.8. The average Bonchev–Trinajstić information content (AvgIpc) is 3.63. The van der Waals surface area contributed by atoms with E-state index in [2.05, 4.69) is 33.2 Å². The molecule has 1 fully saturated rings. The molecule has 15 nitrogen and oxygen atoms in total. The average molecular weight is 696 g/mol. The van der Waals surface area contributed by atoms with Crippen LogP contribution < -0.4 is 32.3 Å². The molecule has 272 valence electrons. The predicted molar refractivity (Wildman–Crippen MR) is 184 cm³/mol. The van der Waals surface area contributed by atoms with Gasteiger partial charge in [0.2, 0.25) is 35.4 Å². The number of hydrogen-bond donors (Lipinski definition) is 6. The van der Waals surface area contributed by atoms with Gasteiger partial charge in [-0.3, -0.25) is 28.8 Å². The first kappa shape index (κ1) is 39.4. The number of nitrogens with two attached hydrogens (primary N) is 1. The van der Waals surface area contributed by atoms with E-state index in [1.807, 2.05) is 0 Å². The molecule has 2 aromatic rings. The van der Waals surface area contributed by atoms with E-state index < -0.39 is 41.6 Å². The van der Waals surface area contributed by atoms with E-state index >= 15 is 0 Å². The lowest BCUT2D eigenvalue weighted by molar-refractivity contribution is -0.136. The topological polar surface area (TPSA) is 214 Å². The Kier molecular flexibility index (Phi) is 16.7. The molecule has 1 aliphatic heterocycles. The zero-order chi connectivity index (χ0) is 36.3. The molecule has 0 bridgehead atoms. The van der Waals surface area contributed by atoms with Crippen molar-refractivity contribution in [1.82, 2.24) is 31.5 Å². The summed E-state index contributed by atoms with van der Waals surface area (Å²) < 4.78 is 10.7. The van der Waals surface area contributed by atoms with Gasteiger partial charge >= 0.3 is 0 Å². The Labute approximate surface area is 292 Å². The maximum absolute atomic E-state index is 13.5. The third-order valence-corrected chi connectivity index (χ3v) is 8.16. The Morgan fingerprint density at radius 3 is 2.44 bits per heavy atom. The largest absolute Gasteiger partial charge is 0.469 e. The van der Waals surface area contributed by atoms with Crippen molar-refractivity contribution in [2.24, 2.45) is 11.7 Å². The van der Waals surface area contributed by atoms with Crippen LogP contribution in [0.4, 0.5) is 0 Å². The van der Waals surface area contributed by atoms with Crippen molar-refractivity contribution in [3.05, 3.63) is 72.2 Å². The number of likely N-dealkylation sites (tertiary alicyclic amines) is 1. The monoisotopic (exact) mass is 695 g/mol. The van der Waals surface area contributed by atoms with Gasteiger partial charge in [-0.1, -0.05) is 30.8 Å². The van der Waals surface area contributed by atoms with Crippen molar-refractivity contribution in [1.29, 1.82) is 0 Å². The summed E-state index contributed by atoms with van der Waals surface area (Å²) in [6, 6.07) is 8.60. The summed E-state index contributed by atoms with van der Waals surface area (Å²) in [4.78, 5) is 78.0. The number of ether oxygens (including phenoxy) is 1. The van der Waals surface area contributed by atoms with Gasteiger partial charge in [0.25, 0.3) is 0 Å². The van der Waals surface area contributed by atoms with Crippen LogP contribution in [0.25, 0.3) is 0 Å². The van der Waals surface area contributed by atoms with E-state index in [0.717, 1.165) is 6.08 Å². The summed E-state index contributed by atoms with van der Waals surface area (Å²) in [6.07, 6.45) is 4.07. The van der Waals surface area contributed by atoms with Crippen LogP contribution in [0.2, 0.25) is 0 Å². The van der Waals surface area contributed by atoms with Crippen molar-refractivity contribution >= 4 is 35.4 Å². The molecule has 0 spiro atoms. The van der Waals surface area contributed by atoms with E-state index in [-0.39, 0.29) is 57.3 Å². The molecule has 0 radical (unpaired) electrons. The third kappa shape index (κ3) is 13.5. The Morgan fingerprint density at radius 1 is 0.980 bits per heavy atom. The molecule has 2 heterocycles. The van der Waals surface area contributed by atoms with Crippen molar-refractivity contribution in [2.75, 3.05) is 45.9 Å². The lowest BCUT2D eigenvalue weighted by Gasteiger charge is -2.32. The van der Waals surface area contributed by atoms with Gasteiger partial charge in [0, 0.05) is 52.6 Å². The van der Waals surface area contributed by atoms with Crippen molar-refractivity contribution in [3.63, 3.8) is 0 Å². The predicted octanol–water partition coefficient (Wildman–Crippen LogP) is -0.307. The molecule has 1 saturated heterocycles. The lowest BCUT2D eigenvalue weighted by atomic mass is 9.96. The molecule has 1 aliphatic rings. The highest BCUT2D eigenvalue weighted by molar-refractivity contribution is 5.90. The molecule has 15 heteroatoms. The second kappa shape index (κ2) is 21.1. The zero-order valence-corrected chi connectivity index (χ0v) is 28.5. The summed E-state index contributed by atoms with van der Waals surface area (Å²) in [5.74, 6) is -2.05. The normalized spacial score (nSPS) is 15.2. The molecule has 0 aliphatic carbocycles. The van der Waals surface area contributed by atoms with Gasteiger partial charge in [-0.15, -0.1) is 0 Å². The van der Waals surface area contributed by atoms with E-state index in [9.17, 15) is 28.8 Å². The SMILES string of the molecule is C=CC(=O)NCC[C@H](NC(=O)Cc1ccccc1CNC(=O)[C@H](Cc1ccco1)NC(=O)[C@@H]1CCCN(C(C)=O)C1)C(=O)NCCOCCN. The molecule has 1 aromatic heterocycles. The third-order valence-electron chi connectivity index (χ3n) is 8.16. The molecule has 7 N–H and O–H groups in total. The van der Waals surface area contributed by atoms with Gasteiger partial charge in [0.05, 0.1) is 31.8 Å². The number of nitrogens with one attached hydrogen (secondary N) is 5. The van der Waals surface area contributed by atoms with Gasteiger partial charge in [-0.05, 0) is 48.6 Å². The highest BCUT2D eigenvalue weighted by Gasteiger charge is 2.31. The minimum Gasteiger partial charge on any atom is -0.469 e. The maximum atomic E-state index is 13.5. The number of hydrogen-bond acceptors (Lipinski definition) is 9. The summed E-state index contributed by atoms with van der Waals surface area (Å²) in [5, 5.41) is 13.8. The molecule has 0 unspecified atom stereocenters. The summed E-state index contributed by atoms with van der Waals surface area (Å²) in [6.45, 7) is 7.13. The number of carbonyl (C=O) groups is 6. The number of amides is 6. The van der Waals surface area contributed by atoms with Crippen LogP contribution in [-0.2, 0) is 52.9 Å². The number of benzene rings is 1. The smallest absolute Gasteiger partial charge is 0.243 e. The first-order chi connectivity index (χ1) is 24.1. The van der Waals surface area contributed by atoms with Gasteiger partial charge in [-0.25, -0.2) is 0 Å². The molecular formula is C35H49N7O8. The van der Waals surface area contributed by atoms with Gasteiger partial charge < -0.3 is 46.4 Å². The standard InChI is InChI=1S/C35H49N7O8/c1-3-31(44)37-14-12-29(34(47)38-15-19-49-18-13-36)40-32(45)20-25-8-4-5-9-26(25)22-39-35(48)30(21-28-11-7-17-50-28)41-33(46)27-10-6-16-42(23-27)24(2)43/h3-5,7-9,11,17,27,29-30H,1,6,10,12-16,18-23,36H2,2H3,(H,37,44)(H,38,47)(H,39,48)(H,40,45)(H,41,46)/t27-,29+,30+/m1/s1. The van der Waals surface area contributed by atoms with Crippen LogP contribution in [0.1, 0.15) is 43.1 Å². The highest BCUT2D eigenvalue weighted by Crippen LogP contribution is 2.18. The van der Waals surface area contributed by atoms with Crippen LogP contribution in [0.5, 0.6) is 0 Å². The number of nitrogens with zero attached hydrogens (tertiary/aromatic N) is 1. The molecule has 6 amide bonds. The van der Waals surface area contributed by atoms with E-state index in [1.165, 1.54) is 13.2 Å². The number of piperidine rings is 1. The lowest BCUT2D eigenvalue weighted by Crippen LogP contribution is -2.52. The second-order valence-electron chi connectivity index (χ2n) is 11.9. The fourth-order valence-corrected chi connectivity index (χ4v) is 5.47. The maximum Gasteiger partial charge on any atom is 0.243 e. The van der Waals surface area contributed by atoms with Gasteiger partial charge in [0.15, 0.2) is 0 Å².